The van der Waals surface area contributed by atoms with E-state index in [2.05, 4.69) is 39.9 Å². The topological polar surface area (TPSA) is 54.0 Å². The predicted molar refractivity (Wildman–Crippen MR) is 106 cm³/mol. The molecule has 4 nitrogen and oxygen atoms in total. The maximum Gasteiger partial charge on any atom is 0.222 e. The quantitative estimate of drug-likeness (QED) is 0.825. The molecule has 2 heterocycles. The zero-order chi connectivity index (χ0) is 16.1. The molecular weight excluding hydrogens is 357 g/mol. The second-order valence-corrected chi connectivity index (χ2v) is 6.14. The third-order valence-electron chi connectivity index (χ3n) is 4.40. The molecule has 2 aromatic rings. The zero-order valence-corrected chi connectivity index (χ0v) is 15.9. The van der Waals surface area contributed by atoms with Gasteiger partial charge in [-0.2, -0.15) is 0 Å². The summed E-state index contributed by atoms with van der Waals surface area (Å²) in [5, 5.41) is 6.45. The molecule has 3 rings (SSSR count). The third-order valence-corrected chi connectivity index (χ3v) is 4.40. The molecule has 1 aliphatic heterocycles. The van der Waals surface area contributed by atoms with Crippen LogP contribution in [-0.2, 0) is 4.79 Å². The number of halogens is 2. The van der Waals surface area contributed by atoms with Crippen molar-refractivity contribution in [3.63, 3.8) is 0 Å². The Morgan fingerprint density at radius 2 is 1.80 bits per heavy atom. The van der Waals surface area contributed by atoms with Gasteiger partial charge in [-0.3, -0.25) is 9.78 Å². The fourth-order valence-corrected chi connectivity index (χ4v) is 3.05. The molecule has 2 atom stereocenters. The van der Waals surface area contributed by atoms with Gasteiger partial charge in [-0.15, -0.1) is 24.8 Å². The minimum Gasteiger partial charge on any atom is -0.350 e. The van der Waals surface area contributed by atoms with Gasteiger partial charge in [-0.25, -0.2) is 0 Å². The van der Waals surface area contributed by atoms with Crippen molar-refractivity contribution in [2.24, 2.45) is 0 Å². The first-order valence-electron chi connectivity index (χ1n) is 8.25. The van der Waals surface area contributed by atoms with Gasteiger partial charge in [0.1, 0.15) is 0 Å². The molecule has 2 N–H and O–H groups in total. The molecule has 2 unspecified atom stereocenters. The van der Waals surface area contributed by atoms with Gasteiger partial charge >= 0.3 is 0 Å². The van der Waals surface area contributed by atoms with E-state index in [9.17, 15) is 4.79 Å². The molecule has 1 amide bonds. The Kier molecular flexibility index (Phi) is 8.90. The smallest absolute Gasteiger partial charge is 0.222 e. The lowest BCUT2D eigenvalue weighted by atomic mass is 10.0. The number of aromatic nitrogens is 1. The summed E-state index contributed by atoms with van der Waals surface area (Å²) in [5.74, 6) is 0.120. The van der Waals surface area contributed by atoms with E-state index in [1.54, 1.807) is 12.4 Å². The van der Waals surface area contributed by atoms with Crippen molar-refractivity contribution in [3.05, 3.63) is 54.4 Å². The summed E-state index contributed by atoms with van der Waals surface area (Å²) in [7, 11) is 0. The van der Waals surface area contributed by atoms with E-state index < -0.39 is 0 Å². The number of rotatable bonds is 5. The lowest BCUT2D eigenvalue weighted by Crippen LogP contribution is -2.33. The summed E-state index contributed by atoms with van der Waals surface area (Å²) in [4.78, 5) is 16.2. The Bertz CT molecular complexity index is 643. The first-order chi connectivity index (χ1) is 11.2. The first kappa shape index (κ1) is 21.4. The maximum absolute atomic E-state index is 12.1. The second kappa shape index (κ2) is 10.4. The number of pyridine rings is 1. The summed E-state index contributed by atoms with van der Waals surface area (Å²) in [6, 6.07) is 12.7. The van der Waals surface area contributed by atoms with E-state index in [4.69, 9.17) is 0 Å². The van der Waals surface area contributed by atoms with E-state index in [-0.39, 0.29) is 36.8 Å². The standard InChI is InChI=1S/C19H23N3O.2ClH/c1-14(22-19(23)13-18-3-2-10-21-18)15-4-6-16(7-5-15)17-8-11-20-12-9-17;;/h4-9,11-12,14,18,21H,2-3,10,13H2,1H3,(H,22,23);2*1H. The highest BCUT2D eigenvalue weighted by Gasteiger charge is 2.18. The fourth-order valence-electron chi connectivity index (χ4n) is 3.05. The molecule has 136 valence electrons. The SMILES string of the molecule is CC(NC(=O)CC1CCCN1)c1ccc(-c2ccncc2)cc1.Cl.Cl. The van der Waals surface area contributed by atoms with Crippen LogP contribution < -0.4 is 10.6 Å². The van der Waals surface area contributed by atoms with Crippen LogP contribution in [0.1, 0.15) is 37.8 Å². The Morgan fingerprint density at radius 1 is 1.16 bits per heavy atom. The van der Waals surface area contributed by atoms with E-state index in [1.165, 1.54) is 6.42 Å². The van der Waals surface area contributed by atoms with Gasteiger partial charge in [0.25, 0.3) is 0 Å². The van der Waals surface area contributed by atoms with Crippen molar-refractivity contribution in [1.29, 1.82) is 0 Å². The Morgan fingerprint density at radius 3 is 2.40 bits per heavy atom. The van der Waals surface area contributed by atoms with E-state index in [1.807, 2.05) is 19.1 Å². The van der Waals surface area contributed by atoms with Gasteiger partial charge in [0.05, 0.1) is 6.04 Å². The molecule has 6 heteroatoms. The molecule has 0 radical (unpaired) electrons. The highest BCUT2D eigenvalue weighted by Crippen LogP contribution is 2.21. The number of nitrogens with one attached hydrogen (secondary N) is 2. The summed E-state index contributed by atoms with van der Waals surface area (Å²) in [5.41, 5.74) is 3.43. The normalized spacial score (nSPS) is 17.1. The van der Waals surface area contributed by atoms with Crippen molar-refractivity contribution in [2.75, 3.05) is 6.54 Å². The second-order valence-electron chi connectivity index (χ2n) is 6.14. The van der Waals surface area contributed by atoms with Crippen molar-refractivity contribution in [2.45, 2.75) is 38.3 Å². The van der Waals surface area contributed by atoms with E-state index in [0.29, 0.717) is 12.5 Å². The average Bonchev–Trinajstić information content (AvgIpc) is 3.08. The monoisotopic (exact) mass is 381 g/mol. The van der Waals surface area contributed by atoms with Crippen LogP contribution in [0.5, 0.6) is 0 Å². The minimum absolute atomic E-state index is 0. The highest BCUT2D eigenvalue weighted by atomic mass is 35.5. The van der Waals surface area contributed by atoms with Gasteiger partial charge in [-0.1, -0.05) is 24.3 Å². The van der Waals surface area contributed by atoms with Gasteiger partial charge in [-0.05, 0) is 55.1 Å². The van der Waals surface area contributed by atoms with Crippen molar-refractivity contribution in [1.82, 2.24) is 15.6 Å². The molecule has 25 heavy (non-hydrogen) atoms. The number of amides is 1. The van der Waals surface area contributed by atoms with Crippen LogP contribution in [0.3, 0.4) is 0 Å². The number of carbonyl (C=O) groups excluding carboxylic acids is 1. The molecule has 1 fully saturated rings. The molecule has 0 aliphatic carbocycles. The van der Waals surface area contributed by atoms with Crippen LogP contribution in [0.2, 0.25) is 0 Å². The summed E-state index contributed by atoms with van der Waals surface area (Å²) in [6.07, 6.45) is 6.43. The molecule has 0 spiro atoms. The highest BCUT2D eigenvalue weighted by molar-refractivity contribution is 5.85. The summed E-state index contributed by atoms with van der Waals surface area (Å²) >= 11 is 0. The minimum atomic E-state index is 0. The van der Waals surface area contributed by atoms with Gasteiger partial charge in [0.15, 0.2) is 0 Å². The van der Waals surface area contributed by atoms with Crippen LogP contribution in [0, 0.1) is 0 Å². The Hall–Kier alpha value is -1.62. The molecule has 0 saturated carbocycles. The number of hydrogen-bond acceptors (Lipinski definition) is 3. The molecule has 1 aromatic carbocycles. The largest absolute Gasteiger partial charge is 0.350 e. The maximum atomic E-state index is 12.1. The van der Waals surface area contributed by atoms with Crippen LogP contribution in [-0.4, -0.2) is 23.5 Å². The van der Waals surface area contributed by atoms with E-state index in [0.717, 1.165) is 29.7 Å². The van der Waals surface area contributed by atoms with Crippen molar-refractivity contribution in [3.8, 4) is 11.1 Å². The fraction of sp³-hybridized carbons (Fsp3) is 0.368. The Labute approximate surface area is 161 Å². The number of nitrogens with zero attached hydrogens (tertiary/aromatic N) is 1. The number of benzene rings is 1. The molecule has 1 aromatic heterocycles. The van der Waals surface area contributed by atoms with Crippen molar-refractivity contribution >= 4 is 30.7 Å². The lowest BCUT2D eigenvalue weighted by Gasteiger charge is -2.17. The van der Waals surface area contributed by atoms with Crippen LogP contribution in [0.4, 0.5) is 0 Å². The average molecular weight is 382 g/mol. The van der Waals surface area contributed by atoms with Crippen molar-refractivity contribution < 1.29 is 4.79 Å². The first-order valence-corrected chi connectivity index (χ1v) is 8.25. The molecule has 0 bridgehead atoms. The van der Waals surface area contributed by atoms with Gasteiger partial charge in [0.2, 0.25) is 5.91 Å². The van der Waals surface area contributed by atoms with Crippen LogP contribution in [0.15, 0.2) is 48.8 Å². The molecule has 1 saturated heterocycles. The zero-order valence-electron chi connectivity index (χ0n) is 14.3. The van der Waals surface area contributed by atoms with Crippen LogP contribution >= 0.6 is 24.8 Å². The van der Waals surface area contributed by atoms with Gasteiger partial charge < -0.3 is 10.6 Å². The molecule has 1 aliphatic rings. The third kappa shape index (κ3) is 5.99. The number of hydrogen-bond donors (Lipinski definition) is 2. The van der Waals surface area contributed by atoms with Crippen LogP contribution in [0.25, 0.3) is 11.1 Å². The van der Waals surface area contributed by atoms with E-state index >= 15 is 0 Å². The lowest BCUT2D eigenvalue weighted by molar-refractivity contribution is -0.122. The summed E-state index contributed by atoms with van der Waals surface area (Å²) in [6.45, 7) is 3.06. The number of carbonyl (C=O) groups is 1. The molecular formula is C19H25Cl2N3O. The summed E-state index contributed by atoms with van der Waals surface area (Å²) < 4.78 is 0. The van der Waals surface area contributed by atoms with Gasteiger partial charge in [0, 0.05) is 24.9 Å². The predicted octanol–water partition coefficient (Wildman–Crippen LogP) is 3.91. The Balaban J connectivity index is 0.00000156.